The molecule has 20 heteroatoms. The van der Waals surface area contributed by atoms with Gasteiger partial charge in [-0.25, -0.2) is 22.8 Å². The van der Waals surface area contributed by atoms with Crippen molar-refractivity contribution < 1.29 is 65.7 Å². The number of hydrogen-bond acceptors (Lipinski definition) is 16. The highest BCUT2D eigenvalue weighted by atomic mass is 32.2. The lowest BCUT2D eigenvalue weighted by atomic mass is 9.95. The van der Waals surface area contributed by atoms with Gasteiger partial charge < -0.3 is 38.8 Å². The summed E-state index contributed by atoms with van der Waals surface area (Å²) >= 11 is 1.26. The van der Waals surface area contributed by atoms with E-state index < -0.39 is 110 Å². The minimum atomic E-state index is -3.85. The molecule has 1 aromatic carbocycles. The van der Waals surface area contributed by atoms with Crippen LogP contribution in [0.5, 0.6) is 0 Å². The van der Waals surface area contributed by atoms with E-state index in [1.54, 1.807) is 51.1 Å². The zero-order chi connectivity index (χ0) is 38.3. The summed E-state index contributed by atoms with van der Waals surface area (Å²) in [5.74, 6) is -4.19. The van der Waals surface area contributed by atoms with E-state index in [0.717, 1.165) is 4.90 Å². The molecule has 1 aromatic rings. The van der Waals surface area contributed by atoms with Crippen LogP contribution in [0.4, 0.5) is 4.79 Å². The maximum absolute atomic E-state index is 13.5. The number of rotatable bonds is 12. The van der Waals surface area contributed by atoms with Crippen LogP contribution in [0, 0.1) is 0 Å². The third-order valence-corrected chi connectivity index (χ3v) is 13.6. The number of sulfone groups is 1. The summed E-state index contributed by atoms with van der Waals surface area (Å²) in [5.41, 5.74) is 0.872. The van der Waals surface area contributed by atoms with Crippen molar-refractivity contribution in [3.05, 3.63) is 35.9 Å². The Hall–Kier alpha value is -4.72. The molecule has 0 bridgehead atoms. The van der Waals surface area contributed by atoms with Crippen molar-refractivity contribution in [3.8, 4) is 0 Å². The van der Waals surface area contributed by atoms with Crippen LogP contribution < -0.4 is 5.32 Å². The molecule has 0 spiro atoms. The maximum atomic E-state index is 13.5. The van der Waals surface area contributed by atoms with E-state index in [-0.39, 0.29) is 12.8 Å². The molecule has 4 aliphatic heterocycles. The minimum absolute atomic E-state index is 0.135. The number of carbonyl (C=O) groups is 7. The molecule has 4 aliphatic rings. The zero-order valence-corrected chi connectivity index (χ0v) is 30.7. The molecule has 1 unspecified atom stereocenters. The van der Waals surface area contributed by atoms with Crippen molar-refractivity contribution in [3.63, 3.8) is 0 Å². The molecular weight excluding hydrogens is 729 g/mol. The first kappa shape index (κ1) is 38.5. The van der Waals surface area contributed by atoms with Crippen molar-refractivity contribution in [2.45, 2.75) is 91.9 Å². The van der Waals surface area contributed by atoms with Crippen LogP contribution >= 0.6 is 11.8 Å². The number of esters is 3. The van der Waals surface area contributed by atoms with Gasteiger partial charge in [-0.15, -0.1) is 11.8 Å². The lowest BCUT2D eigenvalue weighted by Gasteiger charge is -2.44. The highest BCUT2D eigenvalue weighted by Gasteiger charge is 2.68. The van der Waals surface area contributed by atoms with E-state index in [2.05, 4.69) is 19.8 Å². The average molecular weight is 767 g/mol. The van der Waals surface area contributed by atoms with Crippen molar-refractivity contribution in [2.75, 3.05) is 20.7 Å². The second-order valence-electron chi connectivity index (χ2n) is 13.4. The number of nitrogens with zero attached hydrogens (tertiary/aromatic N) is 3. The summed E-state index contributed by atoms with van der Waals surface area (Å²) < 4.78 is 46.9. The predicted molar refractivity (Wildman–Crippen MR) is 178 cm³/mol. The lowest BCUT2D eigenvalue weighted by Crippen LogP contribution is -2.71. The van der Waals surface area contributed by atoms with Crippen LogP contribution in [0.2, 0.25) is 0 Å². The molecule has 0 saturated carbocycles. The van der Waals surface area contributed by atoms with E-state index >= 15 is 0 Å². The summed E-state index contributed by atoms with van der Waals surface area (Å²) in [6, 6.07) is 3.97. The zero-order valence-electron chi connectivity index (χ0n) is 29.1. The number of methoxy groups -OCH3 is 1. The summed E-state index contributed by atoms with van der Waals surface area (Å²) in [6.45, 7) is 5.70. The van der Waals surface area contributed by atoms with E-state index in [0.29, 0.717) is 11.3 Å². The molecule has 52 heavy (non-hydrogen) atoms. The summed E-state index contributed by atoms with van der Waals surface area (Å²) in [4.78, 5) is 95.1. The van der Waals surface area contributed by atoms with Crippen LogP contribution in [0.15, 0.2) is 35.3 Å². The fourth-order valence-corrected chi connectivity index (χ4v) is 10.2. The molecule has 0 radical (unpaired) electrons. The third-order valence-electron chi connectivity index (χ3n) is 9.26. The molecule has 0 aromatic heterocycles. The number of benzene rings is 1. The van der Waals surface area contributed by atoms with Crippen LogP contribution in [0.3, 0.4) is 0 Å². The van der Waals surface area contributed by atoms with Crippen molar-refractivity contribution in [1.82, 2.24) is 15.1 Å². The highest BCUT2D eigenvalue weighted by molar-refractivity contribution is 8.01. The Labute approximate surface area is 302 Å². The van der Waals surface area contributed by atoms with Gasteiger partial charge in [-0.05, 0) is 40.2 Å². The molecule has 18 nitrogen and oxygen atoms in total. The first-order valence-corrected chi connectivity index (χ1v) is 18.4. The number of aliphatic imine (C=N–C) groups is 1. The Morgan fingerprint density at radius 2 is 1.54 bits per heavy atom. The summed E-state index contributed by atoms with van der Waals surface area (Å²) in [6.07, 6.45) is -1.76. The Kier molecular flexibility index (Phi) is 10.6. The normalized spacial score (nSPS) is 26.8. The number of fused-ring (bicyclic) bond motifs is 2. The minimum Gasteiger partial charge on any atom is -0.469 e. The molecule has 4 saturated heterocycles. The van der Waals surface area contributed by atoms with Gasteiger partial charge >= 0.3 is 24.1 Å². The second-order valence-corrected chi connectivity index (χ2v) is 17.8. The predicted octanol–water partition coefficient (Wildman–Crippen LogP) is 0.587. The SMILES string of the molecule is COC(=O)CC(C)=NC(C(=O)N[C@@H]1C(=O)N2[C@@H]1SC(C)(C)[C@@H]2C(=O)OCOC(=O)OCOC(=O)[C@@H]1N2C(=O)C[C@H]2S(=O)(=O)C1(C)C)c1ccccc1. The van der Waals surface area contributed by atoms with Gasteiger partial charge in [-0.2, -0.15) is 0 Å². The number of thioether (sulfide) groups is 1. The molecule has 1 N–H and O–H groups in total. The number of amides is 3. The van der Waals surface area contributed by atoms with Crippen LogP contribution in [0.25, 0.3) is 0 Å². The molecule has 4 fully saturated rings. The highest BCUT2D eigenvalue weighted by Crippen LogP contribution is 2.51. The van der Waals surface area contributed by atoms with Crippen molar-refractivity contribution >= 4 is 69.1 Å². The van der Waals surface area contributed by atoms with Gasteiger partial charge in [0, 0.05) is 10.5 Å². The molecule has 5 rings (SSSR count). The van der Waals surface area contributed by atoms with Crippen molar-refractivity contribution in [1.29, 1.82) is 0 Å². The Morgan fingerprint density at radius 1 is 0.942 bits per heavy atom. The van der Waals surface area contributed by atoms with Gasteiger partial charge in [-0.1, -0.05) is 30.3 Å². The lowest BCUT2D eigenvalue weighted by molar-refractivity contribution is -0.173. The Balaban J connectivity index is 1.12. The molecule has 6 atom stereocenters. The fourth-order valence-electron chi connectivity index (χ4n) is 6.51. The largest absolute Gasteiger partial charge is 0.514 e. The summed E-state index contributed by atoms with van der Waals surface area (Å²) in [7, 11) is -2.61. The van der Waals surface area contributed by atoms with E-state index in [9.17, 15) is 42.0 Å². The monoisotopic (exact) mass is 766 g/mol. The molecule has 3 amide bonds. The van der Waals surface area contributed by atoms with Gasteiger partial charge in [0.1, 0.15) is 28.9 Å². The first-order chi connectivity index (χ1) is 24.3. The average Bonchev–Trinajstić information content (AvgIpc) is 3.40. The number of β-lactam (4-membered cyclic amide) rings is 2. The standard InChI is InChI=1S/C32H38N4O14S2/c1-16(12-20(38)46-6)33-21(17-10-8-7-9-11-17)25(39)34-22-26(40)36-23(31(2,3)51-27(22)36)28(41)47-14-49-30(43)50-15-48-29(42)24-32(4,5)52(44,45)19-13-18(37)35(19)24/h7-11,19,21-24,27H,12-15H2,1-6H3,(H,34,39)/t19-,21?,22-,23+,24+,27-/m1/s1. The number of carbonyl (C=O) groups excluding carboxylic acids is 7. The van der Waals surface area contributed by atoms with E-state index in [1.165, 1.54) is 37.6 Å². The second kappa shape index (κ2) is 14.4. The Bertz CT molecular complexity index is 1820. The molecular formula is C32H38N4O14S2. The number of nitrogens with one attached hydrogen (secondary N) is 1. The molecule has 282 valence electrons. The van der Waals surface area contributed by atoms with Crippen LogP contribution in [0.1, 0.15) is 59.1 Å². The van der Waals surface area contributed by atoms with Gasteiger partial charge in [0.15, 0.2) is 15.9 Å². The third kappa shape index (κ3) is 6.92. The van der Waals surface area contributed by atoms with Gasteiger partial charge in [0.05, 0.1) is 24.7 Å². The Morgan fingerprint density at radius 3 is 2.12 bits per heavy atom. The number of hydrogen-bond donors (Lipinski definition) is 1. The quantitative estimate of drug-likeness (QED) is 0.101. The maximum Gasteiger partial charge on any atom is 0.514 e. The van der Waals surface area contributed by atoms with Gasteiger partial charge in [0.25, 0.3) is 0 Å². The van der Waals surface area contributed by atoms with E-state index in [1.807, 2.05) is 0 Å². The van der Waals surface area contributed by atoms with E-state index in [4.69, 9.17) is 14.2 Å². The van der Waals surface area contributed by atoms with Gasteiger partial charge in [-0.3, -0.25) is 24.2 Å². The van der Waals surface area contributed by atoms with Crippen molar-refractivity contribution in [2.24, 2.45) is 4.99 Å². The van der Waals surface area contributed by atoms with Crippen LogP contribution in [-0.4, -0.2) is 125 Å². The summed E-state index contributed by atoms with van der Waals surface area (Å²) in [5, 5.41) is 0.973. The van der Waals surface area contributed by atoms with Gasteiger partial charge in [0.2, 0.25) is 31.3 Å². The van der Waals surface area contributed by atoms with Crippen LogP contribution in [-0.2, 0) is 62.3 Å². The molecule has 4 heterocycles. The fraction of sp³-hybridized carbons (Fsp3) is 0.562. The number of ether oxygens (including phenoxy) is 5. The smallest absolute Gasteiger partial charge is 0.469 e. The molecule has 0 aliphatic carbocycles. The topological polar surface area (TPSA) is 231 Å². The first-order valence-electron chi connectivity index (χ1n) is 16.0.